The first-order valence-corrected chi connectivity index (χ1v) is 15.0. The number of carbonyl (C=O) groups excluding carboxylic acids is 1. The lowest BCUT2D eigenvalue weighted by Gasteiger charge is -2.65. The fourth-order valence-corrected chi connectivity index (χ4v) is 10.1. The second-order valence-corrected chi connectivity index (χ2v) is 13.6. The number of aliphatic hydroxyl groups is 3. The van der Waals surface area contributed by atoms with Crippen LogP contribution in [-0.2, 0) is 28.5 Å². The molecule has 10 nitrogen and oxygen atoms in total. The van der Waals surface area contributed by atoms with E-state index < -0.39 is 58.7 Å². The number of rotatable bonds is 5. The van der Waals surface area contributed by atoms with Gasteiger partial charge in [-0.05, 0) is 81.6 Å². The molecule has 0 spiro atoms. The Morgan fingerprint density at radius 1 is 1.07 bits per heavy atom. The van der Waals surface area contributed by atoms with Crippen LogP contribution in [0, 0.1) is 28.6 Å². The summed E-state index contributed by atoms with van der Waals surface area (Å²) in [7, 11) is 1.54. The molecular formula is C30H44O10. The highest BCUT2D eigenvalue weighted by Crippen LogP contribution is 2.71. The van der Waals surface area contributed by atoms with Gasteiger partial charge in [-0.15, -0.1) is 0 Å². The van der Waals surface area contributed by atoms with Crippen LogP contribution < -0.4 is 0 Å². The number of carboxylic acid groups (broad SMARTS) is 1. The summed E-state index contributed by atoms with van der Waals surface area (Å²) in [5, 5.41) is 45.7. The van der Waals surface area contributed by atoms with E-state index in [-0.39, 0.29) is 49.6 Å². The average Bonchev–Trinajstić information content (AvgIpc) is 3.44. The molecule has 6 aliphatic rings. The maximum Gasteiger partial charge on any atom is 0.331 e. The van der Waals surface area contributed by atoms with Crippen molar-refractivity contribution in [1.29, 1.82) is 0 Å². The Kier molecular flexibility index (Phi) is 6.95. The van der Waals surface area contributed by atoms with Crippen LogP contribution in [0.4, 0.5) is 0 Å². The van der Waals surface area contributed by atoms with Gasteiger partial charge in [-0.3, -0.25) is 4.79 Å². The van der Waals surface area contributed by atoms with Crippen molar-refractivity contribution < 1.29 is 49.0 Å². The van der Waals surface area contributed by atoms with Gasteiger partial charge in [0.2, 0.25) is 0 Å². The lowest BCUT2D eigenvalue weighted by molar-refractivity contribution is -0.292. The van der Waals surface area contributed by atoms with Crippen LogP contribution in [-0.4, -0.2) is 88.0 Å². The second kappa shape index (κ2) is 9.74. The molecule has 4 aliphatic carbocycles. The summed E-state index contributed by atoms with van der Waals surface area (Å²) in [5.74, 6) is -1.93. The Hall–Kier alpha value is -1.56. The molecule has 1 saturated heterocycles. The minimum Gasteiger partial charge on any atom is -0.481 e. The maximum atomic E-state index is 13.2. The number of methoxy groups -OCH3 is 1. The lowest BCUT2D eigenvalue weighted by Crippen LogP contribution is -2.70. The van der Waals surface area contributed by atoms with Crippen molar-refractivity contribution in [1.82, 2.24) is 0 Å². The molecule has 224 valence electrons. The highest BCUT2D eigenvalue weighted by Gasteiger charge is 2.73. The summed E-state index contributed by atoms with van der Waals surface area (Å²) < 4.78 is 22.8. The Morgan fingerprint density at radius 3 is 2.50 bits per heavy atom. The third-order valence-electron chi connectivity index (χ3n) is 12.2. The molecule has 0 aromatic carbocycles. The third-order valence-corrected chi connectivity index (χ3v) is 12.2. The van der Waals surface area contributed by atoms with Crippen molar-refractivity contribution in [3.05, 3.63) is 11.6 Å². The first-order chi connectivity index (χ1) is 18.9. The second-order valence-electron chi connectivity index (χ2n) is 13.6. The van der Waals surface area contributed by atoms with E-state index >= 15 is 0 Å². The fraction of sp³-hybridized carbons (Fsp3) is 0.867. The molecule has 40 heavy (non-hydrogen) atoms. The van der Waals surface area contributed by atoms with Gasteiger partial charge < -0.3 is 39.4 Å². The lowest BCUT2D eigenvalue weighted by atomic mass is 9.41. The fourth-order valence-electron chi connectivity index (χ4n) is 10.1. The van der Waals surface area contributed by atoms with Gasteiger partial charge in [0.25, 0.3) is 0 Å². The van der Waals surface area contributed by atoms with Crippen LogP contribution in [0.2, 0.25) is 0 Å². The molecule has 0 radical (unpaired) electrons. The normalized spacial score (nSPS) is 52.2. The summed E-state index contributed by atoms with van der Waals surface area (Å²) in [4.78, 5) is 25.0. The summed E-state index contributed by atoms with van der Waals surface area (Å²) in [5.41, 5.74) is -3.47. The Balaban J connectivity index is 1.24. The molecule has 12 unspecified atom stereocenters. The van der Waals surface area contributed by atoms with Crippen LogP contribution >= 0.6 is 0 Å². The van der Waals surface area contributed by atoms with Gasteiger partial charge in [-0.1, -0.05) is 6.92 Å². The predicted octanol–water partition coefficient (Wildman–Crippen LogP) is 2.32. The van der Waals surface area contributed by atoms with Crippen molar-refractivity contribution in [3.8, 4) is 0 Å². The number of aliphatic hydroxyl groups excluding tert-OH is 1. The summed E-state index contributed by atoms with van der Waals surface area (Å²) >= 11 is 0. The molecule has 0 bridgehead atoms. The molecule has 12 atom stereocenters. The zero-order valence-electron chi connectivity index (χ0n) is 23.7. The third kappa shape index (κ3) is 3.89. The number of carboxylic acids is 1. The minimum absolute atomic E-state index is 0.0166. The van der Waals surface area contributed by atoms with E-state index in [1.807, 2.05) is 0 Å². The molecule has 0 aromatic rings. The first kappa shape index (κ1) is 28.6. The Morgan fingerprint density at radius 2 is 1.82 bits per heavy atom. The number of hydrogen-bond donors (Lipinski definition) is 4. The van der Waals surface area contributed by atoms with E-state index in [0.717, 1.165) is 12.0 Å². The van der Waals surface area contributed by atoms with Crippen molar-refractivity contribution in [2.75, 3.05) is 13.7 Å². The van der Waals surface area contributed by atoms with Gasteiger partial charge in [-0.2, -0.15) is 0 Å². The monoisotopic (exact) mass is 564 g/mol. The number of hydrogen-bond acceptors (Lipinski definition) is 9. The Bertz CT molecular complexity index is 1080. The number of carbonyl (C=O) groups is 2. The molecule has 0 amide bonds. The number of esters is 1. The van der Waals surface area contributed by atoms with Gasteiger partial charge >= 0.3 is 11.9 Å². The molecule has 2 aliphatic heterocycles. The van der Waals surface area contributed by atoms with Crippen molar-refractivity contribution in [2.24, 2.45) is 28.6 Å². The highest BCUT2D eigenvalue weighted by molar-refractivity contribution is 5.85. The summed E-state index contributed by atoms with van der Waals surface area (Å²) in [6, 6.07) is 0. The first-order valence-electron chi connectivity index (χ1n) is 15.0. The van der Waals surface area contributed by atoms with Gasteiger partial charge in [0, 0.05) is 31.4 Å². The van der Waals surface area contributed by atoms with E-state index in [0.29, 0.717) is 38.5 Å². The predicted molar refractivity (Wildman–Crippen MR) is 140 cm³/mol. The largest absolute Gasteiger partial charge is 0.481 e. The zero-order chi connectivity index (χ0) is 28.7. The SMILES string of the molecule is COC1CC(OC2CCC3(C(=O)O)C4CCC5(C)C(C6=CC(=O)OC6)CCC5(O)C4CCC3(O)C2)OC(C)C1O. The van der Waals surface area contributed by atoms with Gasteiger partial charge in [0.1, 0.15) is 12.7 Å². The van der Waals surface area contributed by atoms with Gasteiger partial charge in [-0.25, -0.2) is 4.79 Å². The molecular weight excluding hydrogens is 520 g/mol. The van der Waals surface area contributed by atoms with Gasteiger partial charge in [0.05, 0.1) is 34.9 Å². The quantitative estimate of drug-likeness (QED) is 0.289. The van der Waals surface area contributed by atoms with Crippen LogP contribution in [0.25, 0.3) is 0 Å². The van der Waals surface area contributed by atoms with E-state index in [4.69, 9.17) is 18.9 Å². The molecule has 4 saturated carbocycles. The number of ether oxygens (including phenoxy) is 4. The topological polar surface area (TPSA) is 152 Å². The standard InChI is InChI=1S/C30H44O10/c1-16-25(32)22(37-3)13-24(39-16)40-18-4-10-29(26(33)34)20-5-8-27(2)19(17-12-23(31)38-15-17)7-11-30(27,36)21(20)6-9-28(29,35)14-18/h12,16,18-22,24-25,32,35-36H,4-11,13-15H2,1-3H3,(H,33,34). The molecule has 6 rings (SSSR count). The Labute approximate surface area is 235 Å². The van der Waals surface area contributed by atoms with Crippen LogP contribution in [0.3, 0.4) is 0 Å². The van der Waals surface area contributed by atoms with E-state index in [1.54, 1.807) is 20.1 Å². The maximum absolute atomic E-state index is 13.2. The number of fused-ring (bicyclic) bond motifs is 5. The van der Waals surface area contributed by atoms with E-state index in [1.165, 1.54) is 0 Å². The molecule has 4 N–H and O–H groups in total. The highest BCUT2D eigenvalue weighted by atomic mass is 16.7. The van der Waals surface area contributed by atoms with Gasteiger partial charge in [0.15, 0.2) is 6.29 Å². The minimum atomic E-state index is -1.47. The molecule has 2 heterocycles. The summed E-state index contributed by atoms with van der Waals surface area (Å²) in [6.07, 6.45) is 3.46. The van der Waals surface area contributed by atoms with E-state index in [9.17, 15) is 30.0 Å². The van der Waals surface area contributed by atoms with Crippen molar-refractivity contribution in [3.63, 3.8) is 0 Å². The smallest absolute Gasteiger partial charge is 0.331 e. The van der Waals surface area contributed by atoms with Crippen LogP contribution in [0.15, 0.2) is 11.6 Å². The van der Waals surface area contributed by atoms with Crippen molar-refractivity contribution >= 4 is 11.9 Å². The summed E-state index contributed by atoms with van der Waals surface area (Å²) in [6.45, 7) is 4.12. The van der Waals surface area contributed by atoms with Crippen LogP contribution in [0.5, 0.6) is 0 Å². The number of cyclic esters (lactones) is 1. The average molecular weight is 565 g/mol. The molecule has 0 aromatic heterocycles. The van der Waals surface area contributed by atoms with Crippen molar-refractivity contribution in [2.45, 2.75) is 120 Å². The van der Waals surface area contributed by atoms with E-state index in [2.05, 4.69) is 6.92 Å². The van der Waals surface area contributed by atoms with Crippen LogP contribution in [0.1, 0.15) is 78.1 Å². The molecule has 10 heteroatoms. The molecule has 5 fully saturated rings. The number of aliphatic carboxylic acids is 1. The zero-order valence-corrected chi connectivity index (χ0v) is 23.7.